The molecule has 1 aromatic rings. The van der Waals surface area contributed by atoms with Crippen LogP contribution in [-0.4, -0.2) is 56.8 Å². The number of rotatable bonds is 10. The van der Waals surface area contributed by atoms with Crippen LogP contribution >= 0.6 is 0 Å². The second-order valence-electron chi connectivity index (χ2n) is 6.81. The van der Waals surface area contributed by atoms with Crippen molar-refractivity contribution in [1.29, 1.82) is 0 Å². The lowest BCUT2D eigenvalue weighted by atomic mass is 10.1. The van der Waals surface area contributed by atoms with Crippen molar-refractivity contribution in [3.05, 3.63) is 34.9 Å². The van der Waals surface area contributed by atoms with Gasteiger partial charge in [-0.25, -0.2) is 4.99 Å². The van der Waals surface area contributed by atoms with E-state index in [1.165, 1.54) is 29.5 Å². The van der Waals surface area contributed by atoms with Crippen LogP contribution in [0.5, 0.6) is 0 Å². The van der Waals surface area contributed by atoms with E-state index in [-0.39, 0.29) is 0 Å². The highest BCUT2D eigenvalue weighted by Crippen LogP contribution is 2.25. The summed E-state index contributed by atoms with van der Waals surface area (Å²) in [5.74, 6) is 0.893. The predicted octanol–water partition coefficient (Wildman–Crippen LogP) is 2.47. The zero-order valence-electron chi connectivity index (χ0n) is 16.3. The molecule has 1 fully saturated rings. The van der Waals surface area contributed by atoms with E-state index in [0.29, 0.717) is 6.54 Å². The summed E-state index contributed by atoms with van der Waals surface area (Å²) in [7, 11) is 1.77. The normalized spacial score (nSPS) is 14.8. The van der Waals surface area contributed by atoms with E-state index >= 15 is 0 Å². The van der Waals surface area contributed by atoms with Gasteiger partial charge >= 0.3 is 0 Å². The Morgan fingerprint density at radius 1 is 1.24 bits per heavy atom. The maximum Gasteiger partial charge on any atom is 0.191 e. The maximum absolute atomic E-state index is 5.23. The molecule has 0 atom stereocenters. The average molecular weight is 347 g/mol. The monoisotopic (exact) mass is 346 g/mol. The molecule has 0 unspecified atom stereocenters. The Kier molecular flexibility index (Phi) is 8.22. The van der Waals surface area contributed by atoms with Crippen LogP contribution in [0, 0.1) is 13.8 Å². The van der Waals surface area contributed by atoms with E-state index < -0.39 is 0 Å². The highest BCUT2D eigenvalue weighted by molar-refractivity contribution is 5.79. The quantitative estimate of drug-likeness (QED) is 0.505. The molecular weight excluding hydrogens is 312 g/mol. The van der Waals surface area contributed by atoms with Gasteiger partial charge in [-0.2, -0.15) is 0 Å². The zero-order valence-corrected chi connectivity index (χ0v) is 16.3. The molecule has 2 rings (SSSR count). The van der Waals surface area contributed by atoms with Gasteiger partial charge in [-0.15, -0.1) is 0 Å². The van der Waals surface area contributed by atoms with Gasteiger partial charge in [0.05, 0.1) is 13.2 Å². The summed E-state index contributed by atoms with van der Waals surface area (Å²) in [5, 5.41) is 6.81. The van der Waals surface area contributed by atoms with Crippen LogP contribution in [0.25, 0.3) is 0 Å². The number of nitrogens with one attached hydrogen (secondary N) is 2. The number of nitrogens with zero attached hydrogens (tertiary/aromatic N) is 2. The van der Waals surface area contributed by atoms with Crippen molar-refractivity contribution >= 4 is 5.96 Å². The van der Waals surface area contributed by atoms with E-state index in [4.69, 9.17) is 9.73 Å². The van der Waals surface area contributed by atoms with Crippen LogP contribution in [-0.2, 0) is 11.3 Å². The third kappa shape index (κ3) is 7.04. The van der Waals surface area contributed by atoms with Crippen LogP contribution in [0.4, 0.5) is 0 Å². The third-order valence-electron chi connectivity index (χ3n) is 4.59. The highest BCUT2D eigenvalue weighted by atomic mass is 16.5. The zero-order chi connectivity index (χ0) is 18.1. The number of aryl methyl sites for hydroxylation is 2. The van der Waals surface area contributed by atoms with E-state index in [2.05, 4.69) is 54.5 Å². The third-order valence-corrected chi connectivity index (χ3v) is 4.59. The maximum atomic E-state index is 5.23. The van der Waals surface area contributed by atoms with E-state index in [1.54, 1.807) is 7.11 Å². The first-order valence-corrected chi connectivity index (χ1v) is 9.45. The van der Waals surface area contributed by atoms with E-state index in [1.807, 2.05) is 0 Å². The molecule has 0 bridgehead atoms. The SMILES string of the molecule is CCNC(=NCc1ccc(C)cc1C)NCCN(CCOC)C1CC1. The lowest BCUT2D eigenvalue weighted by Gasteiger charge is -2.22. The van der Waals surface area contributed by atoms with Gasteiger partial charge in [-0.1, -0.05) is 23.8 Å². The van der Waals surface area contributed by atoms with Gasteiger partial charge in [0.25, 0.3) is 0 Å². The number of guanidine groups is 1. The van der Waals surface area contributed by atoms with Crippen LogP contribution in [0.2, 0.25) is 0 Å². The fourth-order valence-electron chi connectivity index (χ4n) is 2.97. The topological polar surface area (TPSA) is 48.9 Å². The minimum Gasteiger partial charge on any atom is -0.383 e. The smallest absolute Gasteiger partial charge is 0.191 e. The van der Waals surface area contributed by atoms with Gasteiger partial charge < -0.3 is 15.4 Å². The van der Waals surface area contributed by atoms with E-state index in [9.17, 15) is 0 Å². The van der Waals surface area contributed by atoms with Crippen molar-refractivity contribution in [3.63, 3.8) is 0 Å². The Labute approximate surface area is 152 Å². The molecule has 5 nitrogen and oxygen atoms in total. The molecule has 25 heavy (non-hydrogen) atoms. The second kappa shape index (κ2) is 10.4. The van der Waals surface area contributed by atoms with Gasteiger partial charge in [-0.05, 0) is 44.7 Å². The number of benzene rings is 1. The second-order valence-corrected chi connectivity index (χ2v) is 6.81. The Bertz CT molecular complexity index is 555. The molecule has 0 aromatic heterocycles. The molecule has 5 heteroatoms. The van der Waals surface area contributed by atoms with Gasteiger partial charge in [0.2, 0.25) is 0 Å². The largest absolute Gasteiger partial charge is 0.383 e. The average Bonchev–Trinajstić information content (AvgIpc) is 3.41. The van der Waals surface area contributed by atoms with Crippen LogP contribution in [0.15, 0.2) is 23.2 Å². The Balaban J connectivity index is 1.84. The Morgan fingerprint density at radius 3 is 2.68 bits per heavy atom. The first-order valence-electron chi connectivity index (χ1n) is 9.45. The molecular formula is C20H34N4O. The number of hydrogen-bond donors (Lipinski definition) is 2. The lowest BCUT2D eigenvalue weighted by molar-refractivity contribution is 0.144. The first kappa shape index (κ1) is 19.7. The van der Waals surface area contributed by atoms with Gasteiger partial charge in [-0.3, -0.25) is 4.90 Å². The van der Waals surface area contributed by atoms with Crippen molar-refractivity contribution in [1.82, 2.24) is 15.5 Å². The van der Waals surface area contributed by atoms with Crippen molar-refractivity contribution in [2.24, 2.45) is 4.99 Å². The summed E-state index contributed by atoms with van der Waals surface area (Å²) in [6.07, 6.45) is 2.65. The molecule has 1 aromatic carbocycles. The minimum atomic E-state index is 0.706. The molecule has 2 N–H and O–H groups in total. The Hall–Kier alpha value is -1.59. The summed E-state index contributed by atoms with van der Waals surface area (Å²) < 4.78 is 5.23. The summed E-state index contributed by atoms with van der Waals surface area (Å²) in [6, 6.07) is 7.31. The molecule has 0 heterocycles. The summed E-state index contributed by atoms with van der Waals surface area (Å²) in [4.78, 5) is 7.26. The van der Waals surface area contributed by atoms with Gasteiger partial charge in [0.15, 0.2) is 5.96 Å². The number of methoxy groups -OCH3 is 1. The summed E-state index contributed by atoms with van der Waals surface area (Å²) in [5.41, 5.74) is 3.88. The van der Waals surface area contributed by atoms with E-state index in [0.717, 1.165) is 44.8 Å². The predicted molar refractivity (Wildman–Crippen MR) is 105 cm³/mol. The summed E-state index contributed by atoms with van der Waals surface area (Å²) in [6.45, 7) is 11.7. The lowest BCUT2D eigenvalue weighted by Crippen LogP contribution is -2.42. The van der Waals surface area contributed by atoms with Crippen LogP contribution < -0.4 is 10.6 Å². The van der Waals surface area contributed by atoms with Crippen molar-refractivity contribution in [2.45, 2.75) is 46.2 Å². The molecule has 1 aliphatic rings. The highest BCUT2D eigenvalue weighted by Gasteiger charge is 2.28. The molecule has 1 aliphatic carbocycles. The minimum absolute atomic E-state index is 0.706. The molecule has 0 saturated heterocycles. The van der Waals surface area contributed by atoms with Crippen molar-refractivity contribution in [3.8, 4) is 0 Å². The first-order chi connectivity index (χ1) is 12.1. The fraction of sp³-hybridized carbons (Fsp3) is 0.650. The van der Waals surface area contributed by atoms with Gasteiger partial charge in [0, 0.05) is 39.3 Å². The number of aliphatic imine (C=N–C) groups is 1. The van der Waals surface area contributed by atoms with Gasteiger partial charge in [0.1, 0.15) is 0 Å². The Morgan fingerprint density at radius 2 is 2.04 bits per heavy atom. The van der Waals surface area contributed by atoms with Crippen molar-refractivity contribution in [2.75, 3.05) is 39.9 Å². The van der Waals surface area contributed by atoms with Crippen LogP contribution in [0.3, 0.4) is 0 Å². The van der Waals surface area contributed by atoms with Crippen LogP contribution in [0.1, 0.15) is 36.5 Å². The molecule has 0 radical (unpaired) electrons. The molecule has 0 spiro atoms. The molecule has 140 valence electrons. The standard InChI is InChI=1S/C20H34N4O/c1-5-21-20(23-15-18-7-6-16(2)14-17(18)3)22-10-11-24(12-13-25-4)19-8-9-19/h6-7,14,19H,5,8-13,15H2,1-4H3,(H2,21,22,23). The number of hydrogen-bond acceptors (Lipinski definition) is 3. The summed E-state index contributed by atoms with van der Waals surface area (Å²) >= 11 is 0. The molecule has 0 amide bonds. The fourth-order valence-corrected chi connectivity index (χ4v) is 2.97. The number of ether oxygens (including phenoxy) is 1. The van der Waals surface area contributed by atoms with Crippen molar-refractivity contribution < 1.29 is 4.74 Å². The molecule has 1 saturated carbocycles. The molecule has 0 aliphatic heterocycles.